The number of nitrogens with two attached hydrogens (primary N) is 1. The van der Waals surface area contributed by atoms with Gasteiger partial charge in [-0.3, -0.25) is 4.98 Å². The number of aromatic amines is 1. The molecule has 3 nitrogen and oxygen atoms in total. The van der Waals surface area contributed by atoms with Crippen molar-refractivity contribution in [1.29, 1.82) is 0 Å². The van der Waals surface area contributed by atoms with E-state index in [9.17, 15) is 0 Å². The molecule has 0 amide bonds. The molecule has 4 bridgehead atoms. The van der Waals surface area contributed by atoms with Crippen LogP contribution in [0.4, 0.5) is 0 Å². The van der Waals surface area contributed by atoms with E-state index in [1.165, 1.54) is 71.6 Å². The van der Waals surface area contributed by atoms with E-state index in [-0.39, 0.29) is 0 Å². The summed E-state index contributed by atoms with van der Waals surface area (Å²) in [6.45, 7) is 0.758. The highest BCUT2D eigenvalue weighted by atomic mass is 14.7. The largest absolute Gasteiger partial charge is 0.354 e. The zero-order valence-corrected chi connectivity index (χ0v) is 20.0. The normalized spacial score (nSPS) is 27.7. The molecule has 4 aromatic rings. The van der Waals surface area contributed by atoms with Crippen LogP contribution in [-0.4, -0.2) is 16.5 Å². The third-order valence-electron chi connectivity index (χ3n) is 9.35. The summed E-state index contributed by atoms with van der Waals surface area (Å²) >= 11 is 0. The van der Waals surface area contributed by atoms with Crippen LogP contribution in [0, 0.1) is 17.8 Å². The summed E-state index contributed by atoms with van der Waals surface area (Å²) in [6.07, 6.45) is 13.9. The zero-order valence-electron chi connectivity index (χ0n) is 20.0. The topological polar surface area (TPSA) is 54.7 Å². The van der Waals surface area contributed by atoms with Gasteiger partial charge in [0.25, 0.3) is 0 Å². The Morgan fingerprint density at radius 1 is 0.882 bits per heavy atom. The highest BCUT2D eigenvalue weighted by molar-refractivity contribution is 5.99. The first-order valence-electron chi connectivity index (χ1n) is 13.4. The van der Waals surface area contributed by atoms with Crippen LogP contribution in [0.15, 0.2) is 54.7 Å². The molecule has 34 heavy (non-hydrogen) atoms. The second kappa shape index (κ2) is 7.95. The number of nitrogens with zero attached hydrogens (tertiary/aromatic N) is 1. The van der Waals surface area contributed by atoms with Crippen molar-refractivity contribution in [2.75, 3.05) is 6.54 Å². The van der Waals surface area contributed by atoms with Crippen LogP contribution in [0.25, 0.3) is 33.1 Å². The summed E-state index contributed by atoms with van der Waals surface area (Å²) in [4.78, 5) is 8.46. The number of nitrogens with one attached hydrogen (secondary N) is 1. The van der Waals surface area contributed by atoms with Gasteiger partial charge in [0.1, 0.15) is 0 Å². The van der Waals surface area contributed by atoms with Gasteiger partial charge in [0.05, 0.1) is 11.2 Å². The first-order chi connectivity index (χ1) is 16.7. The fraction of sp³-hybridized carbons (Fsp3) is 0.452. The van der Waals surface area contributed by atoms with Crippen molar-refractivity contribution in [3.05, 3.63) is 65.9 Å². The van der Waals surface area contributed by atoms with Gasteiger partial charge < -0.3 is 10.7 Å². The average molecular weight is 450 g/mol. The van der Waals surface area contributed by atoms with Crippen molar-refractivity contribution in [2.24, 2.45) is 23.5 Å². The number of hydrogen-bond donors (Lipinski definition) is 2. The standard InChI is InChI=1S/C31H35N3/c32-11-2-1-5-26-27-16-23(31-17-20-13-21(18-31)15-22(14-20)19-31)9-10-29(27)34-30(26)25-6-3-8-28-24(25)7-4-12-33-28/h3-4,6-10,12,16,20-22,34H,1-2,5,11,13-15,17-19,32H2. The van der Waals surface area contributed by atoms with E-state index in [4.69, 9.17) is 5.73 Å². The number of unbranched alkanes of at least 4 members (excludes halogenated alkanes) is 1. The Labute approximate surface area is 202 Å². The Hall–Kier alpha value is -2.65. The van der Waals surface area contributed by atoms with Gasteiger partial charge in [0, 0.05) is 28.0 Å². The lowest BCUT2D eigenvalue weighted by Crippen LogP contribution is -2.48. The van der Waals surface area contributed by atoms with E-state index >= 15 is 0 Å². The first-order valence-corrected chi connectivity index (χ1v) is 13.4. The lowest BCUT2D eigenvalue weighted by molar-refractivity contribution is -0.00513. The number of pyridine rings is 1. The molecule has 3 N–H and O–H groups in total. The Bertz CT molecular complexity index is 1320. The second-order valence-electron chi connectivity index (χ2n) is 11.6. The molecule has 0 radical (unpaired) electrons. The highest BCUT2D eigenvalue weighted by Gasteiger charge is 2.51. The minimum absolute atomic E-state index is 0.429. The zero-order chi connectivity index (χ0) is 22.7. The predicted molar refractivity (Wildman–Crippen MR) is 141 cm³/mol. The van der Waals surface area contributed by atoms with Gasteiger partial charge in [-0.15, -0.1) is 0 Å². The number of H-pyrrole nitrogens is 1. The summed E-state index contributed by atoms with van der Waals surface area (Å²) in [5.74, 6) is 2.91. The van der Waals surface area contributed by atoms with Gasteiger partial charge in [0.15, 0.2) is 0 Å². The number of benzene rings is 2. The average Bonchev–Trinajstić information content (AvgIpc) is 3.21. The number of rotatable bonds is 6. The monoisotopic (exact) mass is 449 g/mol. The molecule has 0 spiro atoms. The summed E-state index contributed by atoms with van der Waals surface area (Å²) < 4.78 is 0. The molecule has 0 unspecified atom stereocenters. The summed E-state index contributed by atoms with van der Waals surface area (Å²) in [5.41, 5.74) is 14.3. The third kappa shape index (κ3) is 3.24. The Kier molecular flexibility index (Phi) is 4.84. The summed E-state index contributed by atoms with van der Waals surface area (Å²) in [5, 5.41) is 2.65. The molecule has 2 heterocycles. The smallest absolute Gasteiger partial charge is 0.0708 e. The molecule has 4 fully saturated rings. The third-order valence-corrected chi connectivity index (χ3v) is 9.35. The van der Waals surface area contributed by atoms with Crippen molar-refractivity contribution in [3.8, 4) is 11.3 Å². The maximum absolute atomic E-state index is 5.88. The Morgan fingerprint density at radius 3 is 2.44 bits per heavy atom. The number of aryl methyl sites for hydroxylation is 1. The van der Waals surface area contributed by atoms with Gasteiger partial charge in [0.2, 0.25) is 0 Å². The highest BCUT2D eigenvalue weighted by Crippen LogP contribution is 2.61. The van der Waals surface area contributed by atoms with E-state index in [1.54, 1.807) is 5.56 Å². The van der Waals surface area contributed by atoms with Gasteiger partial charge in [-0.2, -0.15) is 0 Å². The fourth-order valence-electron chi connectivity index (χ4n) is 8.30. The van der Waals surface area contributed by atoms with Crippen LogP contribution in [0.3, 0.4) is 0 Å². The molecule has 4 saturated carbocycles. The second-order valence-corrected chi connectivity index (χ2v) is 11.6. The molecule has 0 atom stereocenters. The molecular formula is C31H35N3. The lowest BCUT2D eigenvalue weighted by atomic mass is 9.48. The predicted octanol–water partition coefficient (Wildman–Crippen LogP) is 7.13. The minimum Gasteiger partial charge on any atom is -0.354 e. The molecule has 2 aromatic heterocycles. The maximum Gasteiger partial charge on any atom is 0.0708 e. The van der Waals surface area contributed by atoms with Crippen molar-refractivity contribution >= 4 is 21.8 Å². The summed E-state index contributed by atoms with van der Waals surface area (Å²) in [7, 11) is 0. The number of hydrogen-bond acceptors (Lipinski definition) is 2. The molecule has 8 rings (SSSR count). The van der Waals surface area contributed by atoms with E-state index in [0.717, 1.165) is 49.1 Å². The van der Waals surface area contributed by atoms with Crippen LogP contribution in [0.2, 0.25) is 0 Å². The van der Waals surface area contributed by atoms with Crippen LogP contribution < -0.4 is 5.73 Å². The van der Waals surface area contributed by atoms with E-state index in [2.05, 4.69) is 52.4 Å². The fourth-order valence-corrected chi connectivity index (χ4v) is 8.30. The lowest BCUT2D eigenvalue weighted by Gasteiger charge is -2.57. The van der Waals surface area contributed by atoms with Gasteiger partial charge >= 0.3 is 0 Å². The first kappa shape index (κ1) is 20.7. The molecule has 4 aliphatic rings. The summed E-state index contributed by atoms with van der Waals surface area (Å²) in [6, 6.07) is 18.2. The van der Waals surface area contributed by atoms with E-state index < -0.39 is 0 Å². The van der Waals surface area contributed by atoms with Crippen LogP contribution >= 0.6 is 0 Å². The van der Waals surface area contributed by atoms with E-state index in [0.29, 0.717) is 5.41 Å². The molecule has 0 aliphatic heterocycles. The Balaban J connectivity index is 1.38. The van der Waals surface area contributed by atoms with Crippen molar-refractivity contribution in [2.45, 2.75) is 63.2 Å². The van der Waals surface area contributed by atoms with Gasteiger partial charge in [-0.25, -0.2) is 0 Å². The van der Waals surface area contributed by atoms with Gasteiger partial charge in [-0.05, 0) is 123 Å². The molecule has 3 heteroatoms. The van der Waals surface area contributed by atoms with Crippen molar-refractivity contribution in [3.63, 3.8) is 0 Å². The van der Waals surface area contributed by atoms with Crippen LogP contribution in [0.5, 0.6) is 0 Å². The minimum atomic E-state index is 0.429. The van der Waals surface area contributed by atoms with Crippen LogP contribution in [0.1, 0.15) is 62.5 Å². The van der Waals surface area contributed by atoms with Crippen molar-refractivity contribution in [1.82, 2.24) is 9.97 Å². The SMILES string of the molecule is NCCCCc1c(-c2cccc3ncccc23)[nH]c2ccc(C34CC5CC(CC(C5)C3)C4)cc12. The maximum atomic E-state index is 5.88. The van der Waals surface area contributed by atoms with E-state index in [1.807, 2.05) is 12.3 Å². The Morgan fingerprint density at radius 2 is 1.68 bits per heavy atom. The molecular weight excluding hydrogens is 414 g/mol. The molecule has 0 saturated heterocycles. The van der Waals surface area contributed by atoms with Crippen LogP contribution in [-0.2, 0) is 11.8 Å². The molecule has 2 aromatic carbocycles. The number of aromatic nitrogens is 2. The molecule has 4 aliphatic carbocycles. The molecule has 174 valence electrons. The number of fused-ring (bicyclic) bond motifs is 2. The van der Waals surface area contributed by atoms with Crippen molar-refractivity contribution < 1.29 is 0 Å². The quantitative estimate of drug-likeness (QED) is 0.308. The van der Waals surface area contributed by atoms with Gasteiger partial charge in [-0.1, -0.05) is 24.3 Å².